The number of aromatic nitrogens is 1. The number of rotatable bonds is 5. The van der Waals surface area contributed by atoms with Crippen LogP contribution in [-0.2, 0) is 6.54 Å². The summed E-state index contributed by atoms with van der Waals surface area (Å²) in [5.41, 5.74) is 1.05. The Morgan fingerprint density at radius 2 is 2.12 bits per heavy atom. The van der Waals surface area contributed by atoms with Crippen LogP contribution >= 0.6 is 11.3 Å². The van der Waals surface area contributed by atoms with Crippen LogP contribution in [0.15, 0.2) is 24.3 Å². The molecule has 1 atom stereocenters. The summed E-state index contributed by atoms with van der Waals surface area (Å²) in [7, 11) is 0. The standard InChI is InChI=1S/C13H18N2OS/c1-9(2)11(16)7-14-8-13-15-10-5-3-4-6-12(10)17-13/h3-6,9,11,14,16H,7-8H2,1-2H3. The van der Waals surface area contributed by atoms with E-state index in [9.17, 15) is 5.11 Å². The van der Waals surface area contributed by atoms with Crippen molar-refractivity contribution in [2.24, 2.45) is 5.92 Å². The highest BCUT2D eigenvalue weighted by atomic mass is 32.1. The Hall–Kier alpha value is -0.970. The molecule has 0 saturated carbocycles. The first-order valence-electron chi connectivity index (χ1n) is 5.90. The number of aliphatic hydroxyl groups is 1. The minimum Gasteiger partial charge on any atom is -0.392 e. The number of benzene rings is 1. The molecule has 0 aliphatic carbocycles. The van der Waals surface area contributed by atoms with E-state index in [-0.39, 0.29) is 12.0 Å². The van der Waals surface area contributed by atoms with E-state index in [4.69, 9.17) is 0 Å². The van der Waals surface area contributed by atoms with Crippen molar-refractivity contribution in [3.8, 4) is 0 Å². The van der Waals surface area contributed by atoms with E-state index in [1.54, 1.807) is 11.3 Å². The average Bonchev–Trinajstić information content (AvgIpc) is 2.71. The van der Waals surface area contributed by atoms with Gasteiger partial charge >= 0.3 is 0 Å². The van der Waals surface area contributed by atoms with Gasteiger partial charge in [-0.3, -0.25) is 0 Å². The molecule has 4 heteroatoms. The molecule has 0 spiro atoms. The Balaban J connectivity index is 1.91. The second-order valence-electron chi connectivity index (χ2n) is 4.52. The van der Waals surface area contributed by atoms with Gasteiger partial charge in [-0.05, 0) is 18.1 Å². The zero-order valence-electron chi connectivity index (χ0n) is 10.2. The van der Waals surface area contributed by atoms with Crippen LogP contribution in [0, 0.1) is 5.92 Å². The number of nitrogens with one attached hydrogen (secondary N) is 1. The van der Waals surface area contributed by atoms with E-state index in [1.165, 1.54) is 4.70 Å². The average molecular weight is 250 g/mol. The van der Waals surface area contributed by atoms with Gasteiger partial charge in [-0.2, -0.15) is 0 Å². The third kappa shape index (κ3) is 3.25. The van der Waals surface area contributed by atoms with Crippen LogP contribution in [0.3, 0.4) is 0 Å². The van der Waals surface area contributed by atoms with Crippen molar-refractivity contribution in [2.75, 3.05) is 6.54 Å². The molecular formula is C13H18N2OS. The van der Waals surface area contributed by atoms with Gasteiger partial charge in [-0.1, -0.05) is 26.0 Å². The Morgan fingerprint density at radius 3 is 2.82 bits per heavy atom. The van der Waals surface area contributed by atoms with Crippen molar-refractivity contribution >= 4 is 21.6 Å². The van der Waals surface area contributed by atoms with E-state index in [0.29, 0.717) is 6.54 Å². The summed E-state index contributed by atoms with van der Waals surface area (Å²) in [6, 6.07) is 8.14. The van der Waals surface area contributed by atoms with Gasteiger partial charge in [0.15, 0.2) is 0 Å². The third-order valence-electron chi connectivity index (χ3n) is 2.74. The maximum Gasteiger partial charge on any atom is 0.108 e. The first-order chi connectivity index (χ1) is 8.16. The molecule has 92 valence electrons. The predicted octanol–water partition coefficient (Wildman–Crippen LogP) is 2.40. The van der Waals surface area contributed by atoms with Crippen LogP contribution in [0.5, 0.6) is 0 Å². The molecule has 2 rings (SSSR count). The lowest BCUT2D eigenvalue weighted by atomic mass is 10.1. The highest BCUT2D eigenvalue weighted by Gasteiger charge is 2.09. The summed E-state index contributed by atoms with van der Waals surface area (Å²) in [6.07, 6.45) is -0.288. The highest BCUT2D eigenvalue weighted by molar-refractivity contribution is 7.18. The number of hydrogen-bond donors (Lipinski definition) is 2. The van der Waals surface area contributed by atoms with Crippen LogP contribution in [0.4, 0.5) is 0 Å². The number of thiazole rings is 1. The van der Waals surface area contributed by atoms with E-state index in [1.807, 2.05) is 32.0 Å². The number of nitrogens with zero attached hydrogens (tertiary/aromatic N) is 1. The molecule has 0 bridgehead atoms. The second kappa shape index (κ2) is 5.58. The third-order valence-corrected chi connectivity index (χ3v) is 3.77. The van der Waals surface area contributed by atoms with Crippen LogP contribution in [-0.4, -0.2) is 22.7 Å². The zero-order valence-corrected chi connectivity index (χ0v) is 11.0. The van der Waals surface area contributed by atoms with Crippen molar-refractivity contribution in [2.45, 2.75) is 26.5 Å². The van der Waals surface area contributed by atoms with Crippen LogP contribution in [0.1, 0.15) is 18.9 Å². The SMILES string of the molecule is CC(C)C(O)CNCc1nc2ccccc2s1. The summed E-state index contributed by atoms with van der Waals surface area (Å²) < 4.78 is 1.22. The zero-order chi connectivity index (χ0) is 12.3. The van der Waals surface area contributed by atoms with Crippen LogP contribution in [0.2, 0.25) is 0 Å². The molecule has 0 fully saturated rings. The van der Waals surface area contributed by atoms with Crippen LogP contribution in [0.25, 0.3) is 10.2 Å². The molecule has 1 aromatic heterocycles. The van der Waals surface area contributed by atoms with Crippen molar-refractivity contribution < 1.29 is 5.11 Å². The number of aliphatic hydroxyl groups excluding tert-OH is 1. The maximum absolute atomic E-state index is 9.66. The first-order valence-corrected chi connectivity index (χ1v) is 6.71. The molecule has 0 aliphatic heterocycles. The van der Waals surface area contributed by atoms with Crippen molar-refractivity contribution in [1.29, 1.82) is 0 Å². The fraction of sp³-hybridized carbons (Fsp3) is 0.462. The lowest BCUT2D eigenvalue weighted by Gasteiger charge is -2.14. The maximum atomic E-state index is 9.66. The minimum atomic E-state index is -0.288. The van der Waals surface area contributed by atoms with Gasteiger partial charge in [0.05, 0.1) is 16.3 Å². The monoisotopic (exact) mass is 250 g/mol. The molecule has 3 nitrogen and oxygen atoms in total. The molecule has 0 amide bonds. The van der Waals surface area contributed by atoms with Gasteiger partial charge in [-0.25, -0.2) is 4.98 Å². The molecule has 0 aliphatic rings. The molecular weight excluding hydrogens is 232 g/mol. The smallest absolute Gasteiger partial charge is 0.108 e. The quantitative estimate of drug-likeness (QED) is 0.856. The number of fused-ring (bicyclic) bond motifs is 1. The molecule has 0 saturated heterocycles. The Kier molecular flexibility index (Phi) is 4.10. The lowest BCUT2D eigenvalue weighted by Crippen LogP contribution is -2.30. The van der Waals surface area contributed by atoms with E-state index >= 15 is 0 Å². The summed E-state index contributed by atoms with van der Waals surface area (Å²) in [5, 5.41) is 14.0. The Morgan fingerprint density at radius 1 is 1.35 bits per heavy atom. The topological polar surface area (TPSA) is 45.1 Å². The van der Waals surface area contributed by atoms with Crippen molar-refractivity contribution in [1.82, 2.24) is 10.3 Å². The summed E-state index contributed by atoms with van der Waals surface area (Å²) in [6.45, 7) is 5.38. The van der Waals surface area contributed by atoms with Gasteiger partial charge in [0.2, 0.25) is 0 Å². The fourth-order valence-electron chi connectivity index (χ4n) is 1.56. The van der Waals surface area contributed by atoms with E-state index in [0.717, 1.165) is 17.1 Å². The minimum absolute atomic E-state index is 0.288. The summed E-state index contributed by atoms with van der Waals surface area (Å²) in [4.78, 5) is 4.53. The second-order valence-corrected chi connectivity index (χ2v) is 5.63. The predicted molar refractivity (Wildman–Crippen MR) is 72.2 cm³/mol. The highest BCUT2D eigenvalue weighted by Crippen LogP contribution is 2.21. The molecule has 2 N–H and O–H groups in total. The molecule has 1 heterocycles. The van der Waals surface area contributed by atoms with Crippen molar-refractivity contribution in [3.63, 3.8) is 0 Å². The van der Waals surface area contributed by atoms with Gasteiger partial charge in [0.25, 0.3) is 0 Å². The first kappa shape index (κ1) is 12.5. The molecule has 1 aromatic carbocycles. The van der Waals surface area contributed by atoms with E-state index < -0.39 is 0 Å². The van der Waals surface area contributed by atoms with Gasteiger partial charge < -0.3 is 10.4 Å². The van der Waals surface area contributed by atoms with Crippen molar-refractivity contribution in [3.05, 3.63) is 29.3 Å². The van der Waals surface area contributed by atoms with Gasteiger partial charge in [0.1, 0.15) is 5.01 Å². The summed E-state index contributed by atoms with van der Waals surface area (Å²) >= 11 is 1.70. The molecule has 2 aromatic rings. The largest absolute Gasteiger partial charge is 0.392 e. The molecule has 17 heavy (non-hydrogen) atoms. The van der Waals surface area contributed by atoms with Crippen LogP contribution < -0.4 is 5.32 Å². The Labute approximate surface area is 106 Å². The fourth-order valence-corrected chi connectivity index (χ4v) is 2.50. The van der Waals surface area contributed by atoms with Gasteiger partial charge in [-0.15, -0.1) is 11.3 Å². The lowest BCUT2D eigenvalue weighted by molar-refractivity contribution is 0.123. The number of hydrogen-bond acceptors (Lipinski definition) is 4. The molecule has 1 unspecified atom stereocenters. The van der Waals surface area contributed by atoms with Gasteiger partial charge in [0, 0.05) is 13.1 Å². The Bertz CT molecular complexity index is 448. The number of para-hydroxylation sites is 1. The molecule has 0 radical (unpaired) electrons. The summed E-state index contributed by atoms with van der Waals surface area (Å²) in [5.74, 6) is 0.290. The normalized spacial score (nSPS) is 13.4. The van der Waals surface area contributed by atoms with E-state index in [2.05, 4.69) is 16.4 Å².